The Labute approximate surface area is 136 Å². The zero-order valence-electron chi connectivity index (χ0n) is 11.0. The Bertz CT molecular complexity index is 446. The van der Waals surface area contributed by atoms with Crippen LogP contribution in [0.15, 0.2) is 17.9 Å². The standard InChI is InChI=1S/C14H18O2.Ce/c1-8-6-9(2)13(10(3)7-8)14(11(4)15)12(5)16;/h6-7,15H,1-5H3;/q;+4/b14-11+;. The Hall–Kier alpha value is -0.193. The second kappa shape index (κ2) is 6.66. The van der Waals surface area contributed by atoms with Crippen LogP contribution in [0.1, 0.15) is 36.1 Å². The van der Waals surface area contributed by atoms with Crippen molar-refractivity contribution in [2.75, 3.05) is 0 Å². The van der Waals surface area contributed by atoms with Crippen molar-refractivity contribution in [3.8, 4) is 0 Å². The van der Waals surface area contributed by atoms with Gasteiger partial charge in [0.1, 0.15) is 5.76 Å². The molecule has 0 aliphatic heterocycles. The third-order valence-electron chi connectivity index (χ3n) is 2.64. The van der Waals surface area contributed by atoms with Crippen molar-refractivity contribution in [2.45, 2.75) is 34.6 Å². The van der Waals surface area contributed by atoms with Gasteiger partial charge in [0.2, 0.25) is 0 Å². The molecule has 0 unspecified atom stereocenters. The van der Waals surface area contributed by atoms with Gasteiger partial charge in [-0.05, 0) is 51.3 Å². The third-order valence-corrected chi connectivity index (χ3v) is 2.64. The largest absolute Gasteiger partial charge is 4.00 e. The smallest absolute Gasteiger partial charge is 0.512 e. The molecule has 1 aromatic rings. The van der Waals surface area contributed by atoms with Gasteiger partial charge in [-0.2, -0.15) is 0 Å². The van der Waals surface area contributed by atoms with Crippen molar-refractivity contribution in [3.63, 3.8) is 0 Å². The number of carbonyl (C=O) groups excluding carboxylic acids is 1. The van der Waals surface area contributed by atoms with Crippen molar-refractivity contribution in [2.24, 2.45) is 0 Å². The maximum absolute atomic E-state index is 11.6. The molecule has 0 spiro atoms. The van der Waals surface area contributed by atoms with Gasteiger partial charge in [0.15, 0.2) is 5.78 Å². The van der Waals surface area contributed by atoms with Gasteiger partial charge in [-0.15, -0.1) is 0 Å². The molecule has 0 heterocycles. The number of hydrogen-bond acceptors (Lipinski definition) is 2. The number of carbonyl (C=O) groups is 1. The number of rotatable bonds is 2. The molecule has 0 aliphatic rings. The number of aliphatic hydroxyl groups is 1. The van der Waals surface area contributed by atoms with Crippen LogP contribution >= 0.6 is 0 Å². The third kappa shape index (κ3) is 3.90. The zero-order chi connectivity index (χ0) is 12.5. The van der Waals surface area contributed by atoms with Crippen LogP contribution < -0.4 is 0 Å². The fourth-order valence-electron chi connectivity index (χ4n) is 2.19. The normalized spacial score (nSPS) is 11.6. The Morgan fingerprint density at radius 1 is 1.06 bits per heavy atom. The Morgan fingerprint density at radius 2 is 1.47 bits per heavy atom. The van der Waals surface area contributed by atoms with Gasteiger partial charge in [-0.25, -0.2) is 0 Å². The first-order valence-electron chi connectivity index (χ1n) is 5.33. The molecular formula is C14H18CeO2+4. The predicted octanol–water partition coefficient (Wildman–Crippen LogP) is 3.49. The summed E-state index contributed by atoms with van der Waals surface area (Å²) in [7, 11) is 0. The summed E-state index contributed by atoms with van der Waals surface area (Å²) >= 11 is 0. The summed E-state index contributed by atoms with van der Waals surface area (Å²) in [6.45, 7) is 8.97. The van der Waals surface area contributed by atoms with Crippen LogP contribution in [0, 0.1) is 62.5 Å². The zero-order valence-corrected chi connectivity index (χ0v) is 14.2. The summed E-state index contributed by atoms with van der Waals surface area (Å²) in [4.78, 5) is 11.6. The summed E-state index contributed by atoms with van der Waals surface area (Å²) in [6, 6.07) is 4.04. The minimum Gasteiger partial charge on any atom is -0.512 e. The van der Waals surface area contributed by atoms with Gasteiger partial charge >= 0.3 is 41.7 Å². The minimum absolute atomic E-state index is 0. The SMILES string of the molecule is CC(=O)/C(=C(/C)O)c1c(C)cc(C)cc1C.[Ce+4]. The number of aryl methyl sites for hydroxylation is 3. The number of benzene rings is 1. The molecule has 1 aromatic carbocycles. The average Bonchev–Trinajstić information content (AvgIpc) is 2.09. The molecule has 86 valence electrons. The average molecular weight is 358 g/mol. The maximum Gasteiger partial charge on any atom is 4.00 e. The Kier molecular flexibility index (Phi) is 6.59. The van der Waals surface area contributed by atoms with Gasteiger partial charge in [-0.3, -0.25) is 4.79 Å². The first-order chi connectivity index (χ1) is 7.34. The topological polar surface area (TPSA) is 37.3 Å². The van der Waals surface area contributed by atoms with Gasteiger partial charge < -0.3 is 5.11 Å². The van der Waals surface area contributed by atoms with Gasteiger partial charge in [0.05, 0.1) is 5.57 Å². The summed E-state index contributed by atoms with van der Waals surface area (Å²) in [6.07, 6.45) is 0. The van der Waals surface area contributed by atoms with Crippen molar-refractivity contribution >= 4 is 11.4 Å². The van der Waals surface area contributed by atoms with E-state index in [0.29, 0.717) is 5.57 Å². The van der Waals surface area contributed by atoms with E-state index in [1.54, 1.807) is 6.92 Å². The second-order valence-corrected chi connectivity index (χ2v) is 4.29. The minimum atomic E-state index is -0.102. The van der Waals surface area contributed by atoms with Crippen molar-refractivity contribution in [1.29, 1.82) is 0 Å². The van der Waals surface area contributed by atoms with Crippen molar-refractivity contribution in [1.82, 2.24) is 0 Å². The van der Waals surface area contributed by atoms with E-state index in [0.717, 1.165) is 22.3 Å². The van der Waals surface area contributed by atoms with E-state index >= 15 is 0 Å². The van der Waals surface area contributed by atoms with Gasteiger partial charge in [-0.1, -0.05) is 17.7 Å². The summed E-state index contributed by atoms with van der Waals surface area (Å²) in [5.74, 6) is -0.0161. The molecule has 0 atom stereocenters. The Balaban J connectivity index is 0.00000256. The number of Topliss-reactive ketones (excluding diaryl/α,β-unsaturated/α-hetero) is 1. The van der Waals surface area contributed by atoms with E-state index in [1.165, 1.54) is 6.92 Å². The molecule has 0 aromatic heterocycles. The molecule has 2 nitrogen and oxygen atoms in total. The van der Waals surface area contributed by atoms with E-state index in [9.17, 15) is 9.90 Å². The monoisotopic (exact) mass is 358 g/mol. The number of ketones is 1. The quantitative estimate of drug-likeness (QED) is 0.649. The maximum atomic E-state index is 11.6. The number of hydrogen-bond donors (Lipinski definition) is 1. The van der Waals surface area contributed by atoms with Crippen LogP contribution in [0.3, 0.4) is 0 Å². The fraction of sp³-hybridized carbons (Fsp3) is 0.357. The molecule has 1 rings (SSSR count). The molecule has 1 N–H and O–H groups in total. The molecule has 3 heteroatoms. The number of allylic oxidation sites excluding steroid dienone is 2. The first kappa shape index (κ1) is 16.8. The first-order valence-corrected chi connectivity index (χ1v) is 5.33. The molecule has 0 amide bonds. The fourth-order valence-corrected chi connectivity index (χ4v) is 2.19. The summed E-state index contributed by atoms with van der Waals surface area (Å²) < 4.78 is 0. The molecule has 0 aliphatic carbocycles. The van der Waals surface area contributed by atoms with Crippen LogP contribution in [0.25, 0.3) is 5.57 Å². The molecule has 0 fully saturated rings. The van der Waals surface area contributed by atoms with Gasteiger partial charge in [0.25, 0.3) is 0 Å². The van der Waals surface area contributed by atoms with E-state index in [-0.39, 0.29) is 53.3 Å². The van der Waals surface area contributed by atoms with Crippen molar-refractivity contribution in [3.05, 3.63) is 40.1 Å². The van der Waals surface area contributed by atoms with Crippen LogP contribution in [-0.4, -0.2) is 10.9 Å². The van der Waals surface area contributed by atoms with Crippen LogP contribution in [-0.2, 0) is 4.79 Å². The van der Waals surface area contributed by atoms with E-state index in [4.69, 9.17) is 0 Å². The summed E-state index contributed by atoms with van der Waals surface area (Å²) in [5.41, 5.74) is 4.50. The molecule has 17 heavy (non-hydrogen) atoms. The van der Waals surface area contributed by atoms with Gasteiger partial charge in [0, 0.05) is 0 Å². The van der Waals surface area contributed by atoms with Crippen LogP contribution in [0.4, 0.5) is 0 Å². The van der Waals surface area contributed by atoms with Crippen molar-refractivity contribution < 1.29 is 51.6 Å². The second-order valence-electron chi connectivity index (χ2n) is 4.29. The molecule has 0 radical (unpaired) electrons. The van der Waals surface area contributed by atoms with E-state index in [2.05, 4.69) is 0 Å². The molecular weight excluding hydrogens is 340 g/mol. The Morgan fingerprint density at radius 3 is 1.76 bits per heavy atom. The summed E-state index contributed by atoms with van der Waals surface area (Å²) in [5, 5.41) is 9.61. The predicted molar refractivity (Wildman–Crippen MR) is 66.6 cm³/mol. The van der Waals surface area contributed by atoms with Crippen LogP contribution in [0.2, 0.25) is 0 Å². The van der Waals surface area contributed by atoms with Crippen LogP contribution in [0.5, 0.6) is 0 Å². The molecule has 0 saturated heterocycles. The molecule has 0 bridgehead atoms. The number of aliphatic hydroxyl groups excluding tert-OH is 1. The van der Waals surface area contributed by atoms with E-state index in [1.807, 2.05) is 32.9 Å². The van der Waals surface area contributed by atoms with E-state index < -0.39 is 0 Å². The molecule has 0 saturated carbocycles.